The van der Waals surface area contributed by atoms with Crippen LogP contribution in [0.2, 0.25) is 0 Å². The number of aliphatic hydroxyl groups is 1. The topological polar surface area (TPSA) is 62.0 Å². The van der Waals surface area contributed by atoms with E-state index in [-0.39, 0.29) is 6.54 Å². The third-order valence-electron chi connectivity index (χ3n) is 2.00. The van der Waals surface area contributed by atoms with E-state index in [2.05, 4.69) is 4.98 Å². The minimum Gasteiger partial charge on any atom is -0.386 e. The first-order chi connectivity index (χ1) is 5.16. The van der Waals surface area contributed by atoms with Crippen LogP contribution in [-0.2, 0) is 0 Å². The summed E-state index contributed by atoms with van der Waals surface area (Å²) in [7, 11) is 0. The summed E-state index contributed by atoms with van der Waals surface area (Å²) in [5, 5.41) is 9.37. The smallest absolute Gasteiger partial charge is 0.106 e. The molecule has 3 heteroatoms. The predicted molar refractivity (Wildman–Crippen MR) is 44.3 cm³/mol. The van der Waals surface area contributed by atoms with Crippen LogP contribution in [-0.4, -0.2) is 16.6 Å². The number of nitrogens with two attached hydrogens (primary N) is 1. The van der Waals surface area contributed by atoms with Gasteiger partial charge in [-0.15, -0.1) is 0 Å². The van der Waals surface area contributed by atoms with Crippen LogP contribution in [0, 0.1) is 13.8 Å². The van der Waals surface area contributed by atoms with Crippen LogP contribution in [0.1, 0.15) is 22.9 Å². The van der Waals surface area contributed by atoms with E-state index in [1.165, 1.54) is 0 Å². The van der Waals surface area contributed by atoms with E-state index in [0.29, 0.717) is 0 Å². The van der Waals surface area contributed by atoms with Gasteiger partial charge in [0, 0.05) is 18.4 Å². The Bertz CT molecular complexity index is 242. The van der Waals surface area contributed by atoms with Gasteiger partial charge in [-0.1, -0.05) is 0 Å². The Kier molecular flexibility index (Phi) is 2.31. The maximum absolute atomic E-state index is 9.37. The van der Waals surface area contributed by atoms with Crippen molar-refractivity contribution in [2.45, 2.75) is 20.0 Å². The zero-order valence-corrected chi connectivity index (χ0v) is 6.89. The van der Waals surface area contributed by atoms with Crippen molar-refractivity contribution in [2.24, 2.45) is 5.73 Å². The molecule has 62 valence electrons. The lowest BCUT2D eigenvalue weighted by molar-refractivity contribution is 0.182. The number of nitrogens with one attached hydrogen (secondary N) is 1. The lowest BCUT2D eigenvalue weighted by Crippen LogP contribution is -2.12. The average molecular weight is 154 g/mol. The van der Waals surface area contributed by atoms with Crippen LogP contribution in [0.25, 0.3) is 0 Å². The second-order valence-corrected chi connectivity index (χ2v) is 2.76. The standard InChI is InChI=1S/C8H14N2O/c1-5-4-10-8(6(5)2)7(11)3-9/h4,7,10-11H,3,9H2,1-2H3. The minimum atomic E-state index is -0.552. The predicted octanol–water partition coefficient (Wildman–Crippen LogP) is 0.624. The number of H-pyrrole nitrogens is 1. The molecule has 3 nitrogen and oxygen atoms in total. The van der Waals surface area contributed by atoms with Gasteiger partial charge in [-0.2, -0.15) is 0 Å². The minimum absolute atomic E-state index is 0.265. The van der Waals surface area contributed by atoms with Gasteiger partial charge in [-0.25, -0.2) is 0 Å². The van der Waals surface area contributed by atoms with Crippen molar-refractivity contribution in [1.29, 1.82) is 0 Å². The van der Waals surface area contributed by atoms with Crippen molar-refractivity contribution in [3.8, 4) is 0 Å². The molecule has 0 aromatic carbocycles. The number of hydrogen-bond acceptors (Lipinski definition) is 2. The number of rotatable bonds is 2. The molecule has 4 N–H and O–H groups in total. The Balaban J connectivity index is 2.94. The number of aryl methyl sites for hydroxylation is 1. The maximum Gasteiger partial charge on any atom is 0.106 e. The summed E-state index contributed by atoms with van der Waals surface area (Å²) in [6, 6.07) is 0. The van der Waals surface area contributed by atoms with E-state index >= 15 is 0 Å². The summed E-state index contributed by atoms with van der Waals surface area (Å²) in [4.78, 5) is 2.99. The lowest BCUT2D eigenvalue weighted by Gasteiger charge is -2.06. The molecule has 0 saturated carbocycles. The van der Waals surface area contributed by atoms with Gasteiger partial charge in [-0.3, -0.25) is 0 Å². The zero-order chi connectivity index (χ0) is 8.43. The maximum atomic E-state index is 9.37. The Morgan fingerprint density at radius 2 is 2.27 bits per heavy atom. The van der Waals surface area contributed by atoms with Crippen LogP contribution < -0.4 is 5.73 Å². The summed E-state index contributed by atoms with van der Waals surface area (Å²) >= 11 is 0. The van der Waals surface area contributed by atoms with Crippen molar-refractivity contribution in [1.82, 2.24) is 4.98 Å². The first-order valence-corrected chi connectivity index (χ1v) is 3.69. The van der Waals surface area contributed by atoms with Gasteiger partial charge in [-0.05, 0) is 25.0 Å². The highest BCUT2D eigenvalue weighted by Gasteiger charge is 2.10. The van der Waals surface area contributed by atoms with Gasteiger partial charge in [0.1, 0.15) is 6.10 Å². The van der Waals surface area contributed by atoms with E-state index < -0.39 is 6.10 Å². The molecule has 0 spiro atoms. The number of aromatic nitrogens is 1. The normalized spacial score (nSPS) is 13.5. The SMILES string of the molecule is Cc1c[nH]c(C(O)CN)c1C. The van der Waals surface area contributed by atoms with Crippen LogP contribution >= 0.6 is 0 Å². The second-order valence-electron chi connectivity index (χ2n) is 2.76. The Labute approximate surface area is 66.2 Å². The van der Waals surface area contributed by atoms with E-state index in [1.54, 1.807) is 0 Å². The van der Waals surface area contributed by atoms with Crippen molar-refractivity contribution in [2.75, 3.05) is 6.54 Å². The van der Waals surface area contributed by atoms with Crippen LogP contribution in [0.3, 0.4) is 0 Å². The molecular formula is C8H14N2O. The monoisotopic (exact) mass is 154 g/mol. The molecule has 0 radical (unpaired) electrons. The second kappa shape index (κ2) is 3.07. The summed E-state index contributed by atoms with van der Waals surface area (Å²) in [5.41, 5.74) is 8.41. The highest BCUT2D eigenvalue weighted by atomic mass is 16.3. The molecule has 1 unspecified atom stereocenters. The molecule has 0 aliphatic heterocycles. The van der Waals surface area contributed by atoms with E-state index in [1.807, 2.05) is 20.0 Å². The molecule has 0 saturated heterocycles. The quantitative estimate of drug-likeness (QED) is 0.585. The molecule has 0 bridgehead atoms. The van der Waals surface area contributed by atoms with Crippen molar-refractivity contribution >= 4 is 0 Å². The highest BCUT2D eigenvalue weighted by Crippen LogP contribution is 2.17. The van der Waals surface area contributed by atoms with Crippen molar-refractivity contribution < 1.29 is 5.11 Å². The first kappa shape index (κ1) is 8.30. The molecule has 0 aliphatic carbocycles. The molecular weight excluding hydrogens is 140 g/mol. The van der Waals surface area contributed by atoms with Gasteiger partial charge >= 0.3 is 0 Å². The van der Waals surface area contributed by atoms with Gasteiger partial charge in [0.2, 0.25) is 0 Å². The number of aromatic amines is 1. The van der Waals surface area contributed by atoms with Gasteiger partial charge < -0.3 is 15.8 Å². The third kappa shape index (κ3) is 1.44. The fraction of sp³-hybridized carbons (Fsp3) is 0.500. The van der Waals surface area contributed by atoms with E-state index in [9.17, 15) is 5.11 Å². The molecule has 1 aromatic heterocycles. The summed E-state index contributed by atoms with van der Waals surface area (Å²) < 4.78 is 0. The third-order valence-corrected chi connectivity index (χ3v) is 2.00. The van der Waals surface area contributed by atoms with Crippen LogP contribution in [0.4, 0.5) is 0 Å². The molecule has 1 aromatic rings. The summed E-state index contributed by atoms with van der Waals surface area (Å²) in [5.74, 6) is 0. The summed E-state index contributed by atoms with van der Waals surface area (Å²) in [6.07, 6.45) is 1.33. The van der Waals surface area contributed by atoms with Crippen molar-refractivity contribution in [3.05, 3.63) is 23.0 Å². The number of aliphatic hydroxyl groups excluding tert-OH is 1. The molecule has 1 atom stereocenters. The number of hydrogen-bond donors (Lipinski definition) is 3. The fourth-order valence-corrected chi connectivity index (χ4v) is 1.08. The Morgan fingerprint density at radius 3 is 2.64 bits per heavy atom. The van der Waals surface area contributed by atoms with Gasteiger partial charge in [0.15, 0.2) is 0 Å². The highest BCUT2D eigenvalue weighted by molar-refractivity contribution is 5.29. The first-order valence-electron chi connectivity index (χ1n) is 3.69. The zero-order valence-electron chi connectivity index (χ0n) is 6.89. The molecule has 1 heterocycles. The lowest BCUT2D eigenvalue weighted by atomic mass is 10.1. The molecule has 11 heavy (non-hydrogen) atoms. The Morgan fingerprint density at radius 1 is 1.64 bits per heavy atom. The molecule has 1 rings (SSSR count). The molecule has 0 fully saturated rings. The fourth-order valence-electron chi connectivity index (χ4n) is 1.08. The summed E-state index contributed by atoms with van der Waals surface area (Å²) in [6.45, 7) is 4.24. The van der Waals surface area contributed by atoms with Gasteiger partial charge in [0.05, 0.1) is 0 Å². The Hall–Kier alpha value is -0.800. The van der Waals surface area contributed by atoms with E-state index in [4.69, 9.17) is 5.73 Å². The van der Waals surface area contributed by atoms with Crippen LogP contribution in [0.15, 0.2) is 6.20 Å². The van der Waals surface area contributed by atoms with Crippen LogP contribution in [0.5, 0.6) is 0 Å². The van der Waals surface area contributed by atoms with Gasteiger partial charge in [0.25, 0.3) is 0 Å². The average Bonchev–Trinajstić information content (AvgIpc) is 2.32. The molecule has 0 amide bonds. The van der Waals surface area contributed by atoms with E-state index in [0.717, 1.165) is 16.8 Å². The largest absolute Gasteiger partial charge is 0.386 e. The van der Waals surface area contributed by atoms with Crippen molar-refractivity contribution in [3.63, 3.8) is 0 Å². The molecule has 0 aliphatic rings.